The molecule has 2 aromatic rings. The first kappa shape index (κ1) is 13.2. The van der Waals surface area contributed by atoms with Gasteiger partial charge in [0, 0.05) is 22.7 Å². The second-order valence-corrected chi connectivity index (χ2v) is 5.30. The maximum atomic E-state index is 12.0. The fourth-order valence-electron chi connectivity index (χ4n) is 1.60. The van der Waals surface area contributed by atoms with E-state index in [2.05, 4.69) is 10.3 Å². The van der Waals surface area contributed by atoms with Crippen LogP contribution in [-0.2, 0) is 0 Å². The lowest BCUT2D eigenvalue weighted by Crippen LogP contribution is -2.13. The lowest BCUT2D eigenvalue weighted by Gasteiger charge is -2.03. The van der Waals surface area contributed by atoms with Crippen molar-refractivity contribution in [2.45, 2.75) is 13.8 Å². The zero-order valence-corrected chi connectivity index (χ0v) is 11.2. The summed E-state index contributed by atoms with van der Waals surface area (Å²) in [4.78, 5) is 27.0. The summed E-state index contributed by atoms with van der Waals surface area (Å²) in [6.07, 6.45) is 0. The van der Waals surface area contributed by atoms with Crippen LogP contribution >= 0.6 is 11.3 Å². The van der Waals surface area contributed by atoms with Crippen molar-refractivity contribution in [2.75, 3.05) is 5.32 Å². The van der Waals surface area contributed by atoms with E-state index in [9.17, 15) is 14.9 Å². The molecular weight excluding hydrogens is 266 g/mol. The molecule has 1 aromatic heterocycles. The number of aryl methyl sites for hydroxylation is 2. The number of nitrogens with one attached hydrogen (secondary N) is 1. The van der Waals surface area contributed by atoms with E-state index in [-0.39, 0.29) is 11.6 Å². The van der Waals surface area contributed by atoms with Gasteiger partial charge in [0.05, 0.1) is 9.93 Å². The van der Waals surface area contributed by atoms with Gasteiger partial charge < -0.3 is 5.32 Å². The lowest BCUT2D eigenvalue weighted by atomic mass is 10.2. The van der Waals surface area contributed by atoms with Crippen LogP contribution in [0.15, 0.2) is 24.3 Å². The van der Waals surface area contributed by atoms with Crippen molar-refractivity contribution in [3.8, 4) is 0 Å². The molecule has 0 fully saturated rings. The van der Waals surface area contributed by atoms with Crippen molar-refractivity contribution in [1.29, 1.82) is 0 Å². The van der Waals surface area contributed by atoms with Gasteiger partial charge in [-0.15, -0.1) is 11.3 Å². The SMILES string of the molecule is Cc1nc(C(=O)Nc2ccc([N+](=O)[O-])cc2)c(C)s1. The fraction of sp³-hybridized carbons (Fsp3) is 0.167. The second-order valence-electron chi connectivity index (χ2n) is 3.90. The first-order valence-corrected chi connectivity index (χ1v) is 6.29. The highest BCUT2D eigenvalue weighted by atomic mass is 32.1. The summed E-state index contributed by atoms with van der Waals surface area (Å²) in [5, 5.41) is 14.0. The molecule has 6 nitrogen and oxygen atoms in total. The average Bonchev–Trinajstić information content (AvgIpc) is 2.69. The number of anilines is 1. The van der Waals surface area contributed by atoms with Gasteiger partial charge in [-0.2, -0.15) is 0 Å². The molecule has 0 spiro atoms. The molecule has 1 amide bonds. The quantitative estimate of drug-likeness (QED) is 0.690. The zero-order chi connectivity index (χ0) is 14.0. The number of carbonyl (C=O) groups excluding carboxylic acids is 1. The minimum Gasteiger partial charge on any atom is -0.321 e. The first-order chi connectivity index (χ1) is 8.97. The van der Waals surface area contributed by atoms with Crippen LogP contribution in [0.25, 0.3) is 0 Å². The van der Waals surface area contributed by atoms with Crippen molar-refractivity contribution in [1.82, 2.24) is 4.98 Å². The van der Waals surface area contributed by atoms with Gasteiger partial charge in [-0.25, -0.2) is 4.98 Å². The predicted octanol–water partition coefficient (Wildman–Crippen LogP) is 2.92. The molecule has 0 aliphatic heterocycles. The van der Waals surface area contributed by atoms with Gasteiger partial charge in [-0.3, -0.25) is 14.9 Å². The summed E-state index contributed by atoms with van der Waals surface area (Å²) in [6.45, 7) is 3.66. The number of rotatable bonds is 3. The van der Waals surface area contributed by atoms with Crippen molar-refractivity contribution in [3.05, 3.63) is 50.0 Å². The Morgan fingerprint density at radius 1 is 1.32 bits per heavy atom. The second kappa shape index (κ2) is 5.15. The Labute approximate surface area is 113 Å². The van der Waals surface area contributed by atoms with Crippen LogP contribution in [0.5, 0.6) is 0 Å². The van der Waals surface area contributed by atoms with Crippen LogP contribution in [0.4, 0.5) is 11.4 Å². The van der Waals surface area contributed by atoms with Crippen LogP contribution in [0.3, 0.4) is 0 Å². The number of hydrogen-bond acceptors (Lipinski definition) is 5. The van der Waals surface area contributed by atoms with Crippen LogP contribution in [0, 0.1) is 24.0 Å². The van der Waals surface area contributed by atoms with E-state index in [0.717, 1.165) is 9.88 Å². The summed E-state index contributed by atoms with van der Waals surface area (Å²) >= 11 is 1.45. The Hall–Kier alpha value is -2.28. The van der Waals surface area contributed by atoms with E-state index in [1.807, 2.05) is 13.8 Å². The number of carbonyl (C=O) groups is 1. The molecule has 0 atom stereocenters. The summed E-state index contributed by atoms with van der Waals surface area (Å²) < 4.78 is 0. The Kier molecular flexibility index (Phi) is 3.57. The highest BCUT2D eigenvalue weighted by Gasteiger charge is 2.14. The summed E-state index contributed by atoms with van der Waals surface area (Å²) in [6, 6.07) is 5.67. The smallest absolute Gasteiger partial charge is 0.275 e. The molecule has 1 N–H and O–H groups in total. The molecule has 1 heterocycles. The monoisotopic (exact) mass is 277 g/mol. The van der Waals surface area contributed by atoms with Crippen molar-refractivity contribution in [3.63, 3.8) is 0 Å². The van der Waals surface area contributed by atoms with Gasteiger partial charge in [0.2, 0.25) is 0 Å². The lowest BCUT2D eigenvalue weighted by molar-refractivity contribution is -0.384. The maximum absolute atomic E-state index is 12.0. The third-order valence-electron chi connectivity index (χ3n) is 2.45. The minimum atomic E-state index is -0.487. The Morgan fingerprint density at radius 2 is 1.95 bits per heavy atom. The number of aromatic nitrogens is 1. The normalized spacial score (nSPS) is 10.2. The zero-order valence-electron chi connectivity index (χ0n) is 10.3. The largest absolute Gasteiger partial charge is 0.321 e. The molecule has 0 aliphatic rings. The molecule has 1 aromatic carbocycles. The van der Waals surface area contributed by atoms with Gasteiger partial charge in [0.15, 0.2) is 0 Å². The molecule has 0 unspecified atom stereocenters. The Balaban J connectivity index is 2.15. The number of nitro groups is 1. The van der Waals surface area contributed by atoms with E-state index in [0.29, 0.717) is 11.4 Å². The van der Waals surface area contributed by atoms with Crippen LogP contribution < -0.4 is 5.32 Å². The Bertz CT molecular complexity index is 634. The molecule has 19 heavy (non-hydrogen) atoms. The van der Waals surface area contributed by atoms with Crippen molar-refractivity contribution < 1.29 is 9.72 Å². The maximum Gasteiger partial charge on any atom is 0.275 e. The minimum absolute atomic E-state index is 0.0151. The average molecular weight is 277 g/mol. The van der Waals surface area contributed by atoms with Gasteiger partial charge in [0.25, 0.3) is 11.6 Å². The molecule has 2 rings (SSSR count). The molecule has 0 bridgehead atoms. The number of non-ortho nitro benzene ring substituents is 1. The van der Waals surface area contributed by atoms with E-state index >= 15 is 0 Å². The first-order valence-electron chi connectivity index (χ1n) is 5.47. The number of benzene rings is 1. The van der Waals surface area contributed by atoms with Gasteiger partial charge in [0.1, 0.15) is 5.69 Å². The molecular formula is C12H11N3O3S. The predicted molar refractivity (Wildman–Crippen MR) is 72.6 cm³/mol. The number of nitro benzene ring substituents is 1. The standard InChI is InChI=1S/C12H11N3O3S/c1-7-11(13-8(2)19-7)12(16)14-9-3-5-10(6-4-9)15(17)18/h3-6H,1-2H3,(H,14,16). The van der Waals surface area contributed by atoms with E-state index in [4.69, 9.17) is 0 Å². The number of amides is 1. The van der Waals surface area contributed by atoms with Gasteiger partial charge in [-0.1, -0.05) is 0 Å². The van der Waals surface area contributed by atoms with Crippen LogP contribution in [-0.4, -0.2) is 15.8 Å². The summed E-state index contributed by atoms with van der Waals surface area (Å²) in [5.41, 5.74) is 0.875. The van der Waals surface area contributed by atoms with E-state index in [1.54, 1.807) is 0 Å². The van der Waals surface area contributed by atoms with Crippen LogP contribution in [0.1, 0.15) is 20.4 Å². The highest BCUT2D eigenvalue weighted by molar-refractivity contribution is 7.11. The molecule has 0 saturated carbocycles. The number of thiazole rings is 1. The number of nitrogens with zero attached hydrogens (tertiary/aromatic N) is 2. The molecule has 0 aliphatic carbocycles. The van der Waals surface area contributed by atoms with Gasteiger partial charge in [-0.05, 0) is 26.0 Å². The highest BCUT2D eigenvalue weighted by Crippen LogP contribution is 2.19. The summed E-state index contributed by atoms with van der Waals surface area (Å²) in [7, 11) is 0. The summed E-state index contributed by atoms with van der Waals surface area (Å²) in [5.74, 6) is -0.310. The molecule has 0 radical (unpaired) electrons. The molecule has 98 valence electrons. The topological polar surface area (TPSA) is 85.1 Å². The van der Waals surface area contributed by atoms with Gasteiger partial charge >= 0.3 is 0 Å². The van der Waals surface area contributed by atoms with Crippen molar-refractivity contribution in [2.24, 2.45) is 0 Å². The fourth-order valence-corrected chi connectivity index (χ4v) is 2.41. The molecule has 7 heteroatoms. The van der Waals surface area contributed by atoms with Crippen LogP contribution in [0.2, 0.25) is 0 Å². The third kappa shape index (κ3) is 2.94. The van der Waals surface area contributed by atoms with E-state index in [1.165, 1.54) is 35.6 Å². The van der Waals surface area contributed by atoms with Crippen molar-refractivity contribution >= 4 is 28.6 Å². The number of hydrogen-bond donors (Lipinski definition) is 1. The molecule has 0 saturated heterocycles. The van der Waals surface area contributed by atoms with E-state index < -0.39 is 4.92 Å². The Morgan fingerprint density at radius 3 is 2.42 bits per heavy atom. The third-order valence-corrected chi connectivity index (χ3v) is 3.34.